The lowest BCUT2D eigenvalue weighted by Gasteiger charge is -2.19. The number of benzene rings is 1. The maximum atomic E-state index is 9.37. The monoisotopic (exact) mass is 205 g/mol. The minimum absolute atomic E-state index is 0.398. The SMILES string of the molecule is C=C(C)CN(C)c1ccc([C@H](C)O)cc1. The fraction of sp³-hybridized carbons (Fsp3) is 0.385. The largest absolute Gasteiger partial charge is 0.389 e. The first kappa shape index (κ1) is 11.8. The Kier molecular flexibility index (Phi) is 3.92. The van der Waals surface area contributed by atoms with Crippen molar-refractivity contribution < 1.29 is 5.11 Å². The van der Waals surface area contributed by atoms with Crippen molar-refractivity contribution in [2.24, 2.45) is 0 Å². The molecule has 0 saturated heterocycles. The fourth-order valence-corrected chi connectivity index (χ4v) is 1.50. The lowest BCUT2D eigenvalue weighted by atomic mass is 10.1. The lowest BCUT2D eigenvalue weighted by molar-refractivity contribution is 0.199. The van der Waals surface area contributed by atoms with E-state index in [4.69, 9.17) is 0 Å². The zero-order valence-corrected chi connectivity index (χ0v) is 9.70. The Hall–Kier alpha value is -1.28. The fourth-order valence-electron chi connectivity index (χ4n) is 1.50. The number of likely N-dealkylation sites (N-methyl/N-ethyl adjacent to an activating group) is 1. The summed E-state index contributed by atoms with van der Waals surface area (Å²) in [7, 11) is 2.03. The molecule has 0 fully saturated rings. The molecule has 15 heavy (non-hydrogen) atoms. The second-order valence-electron chi connectivity index (χ2n) is 4.08. The van der Waals surface area contributed by atoms with Gasteiger partial charge in [0.2, 0.25) is 0 Å². The van der Waals surface area contributed by atoms with Crippen molar-refractivity contribution in [3.05, 3.63) is 42.0 Å². The highest BCUT2D eigenvalue weighted by atomic mass is 16.3. The molecule has 1 aromatic rings. The maximum Gasteiger partial charge on any atom is 0.0761 e. The van der Waals surface area contributed by atoms with Crippen LogP contribution in [-0.4, -0.2) is 18.7 Å². The molecule has 1 rings (SSSR count). The summed E-state index contributed by atoms with van der Waals surface area (Å²) in [6, 6.07) is 7.94. The van der Waals surface area contributed by atoms with Gasteiger partial charge in [0, 0.05) is 19.3 Å². The molecule has 0 aromatic heterocycles. The van der Waals surface area contributed by atoms with Crippen molar-refractivity contribution in [1.82, 2.24) is 0 Å². The zero-order valence-electron chi connectivity index (χ0n) is 9.70. The van der Waals surface area contributed by atoms with Gasteiger partial charge in [-0.3, -0.25) is 0 Å². The summed E-state index contributed by atoms with van der Waals surface area (Å²) in [4.78, 5) is 2.13. The molecular formula is C13H19NO. The molecule has 1 atom stereocenters. The number of anilines is 1. The molecule has 0 aliphatic rings. The number of nitrogens with zero attached hydrogens (tertiary/aromatic N) is 1. The lowest BCUT2D eigenvalue weighted by Crippen LogP contribution is -2.18. The Bertz CT molecular complexity index is 327. The molecule has 2 nitrogen and oxygen atoms in total. The van der Waals surface area contributed by atoms with Gasteiger partial charge in [-0.25, -0.2) is 0 Å². The van der Waals surface area contributed by atoms with Crippen molar-refractivity contribution in [1.29, 1.82) is 0 Å². The molecule has 0 aliphatic carbocycles. The predicted octanol–water partition coefficient (Wildman–Crippen LogP) is 2.75. The maximum absolute atomic E-state index is 9.37. The van der Waals surface area contributed by atoms with E-state index in [-0.39, 0.29) is 0 Å². The van der Waals surface area contributed by atoms with E-state index in [0.717, 1.165) is 23.4 Å². The Labute approximate surface area is 91.9 Å². The van der Waals surface area contributed by atoms with Gasteiger partial charge in [-0.2, -0.15) is 0 Å². The first-order chi connectivity index (χ1) is 7.00. The second kappa shape index (κ2) is 4.99. The molecule has 82 valence electrons. The second-order valence-corrected chi connectivity index (χ2v) is 4.08. The summed E-state index contributed by atoms with van der Waals surface area (Å²) < 4.78 is 0. The summed E-state index contributed by atoms with van der Waals surface area (Å²) in [6.07, 6.45) is -0.398. The molecule has 0 heterocycles. The highest BCUT2D eigenvalue weighted by molar-refractivity contribution is 5.48. The van der Waals surface area contributed by atoms with Gasteiger partial charge in [0.25, 0.3) is 0 Å². The summed E-state index contributed by atoms with van der Waals surface area (Å²) in [5.74, 6) is 0. The van der Waals surface area contributed by atoms with E-state index in [2.05, 4.69) is 11.5 Å². The van der Waals surface area contributed by atoms with Crippen molar-refractivity contribution in [3.8, 4) is 0 Å². The summed E-state index contributed by atoms with van der Waals surface area (Å²) in [5, 5.41) is 9.37. The first-order valence-electron chi connectivity index (χ1n) is 5.14. The third-order valence-electron chi connectivity index (χ3n) is 2.32. The topological polar surface area (TPSA) is 23.5 Å². The summed E-state index contributed by atoms with van der Waals surface area (Å²) >= 11 is 0. The van der Waals surface area contributed by atoms with Crippen LogP contribution in [0.5, 0.6) is 0 Å². The molecule has 0 unspecified atom stereocenters. The number of hydrogen-bond acceptors (Lipinski definition) is 2. The molecule has 0 amide bonds. The van der Waals surface area contributed by atoms with Crippen LogP contribution in [0.1, 0.15) is 25.5 Å². The molecule has 0 saturated carbocycles. The van der Waals surface area contributed by atoms with Crippen molar-refractivity contribution in [3.63, 3.8) is 0 Å². The van der Waals surface area contributed by atoms with E-state index < -0.39 is 6.10 Å². The van der Waals surface area contributed by atoms with Gasteiger partial charge in [-0.15, -0.1) is 0 Å². The van der Waals surface area contributed by atoms with E-state index >= 15 is 0 Å². The quantitative estimate of drug-likeness (QED) is 0.764. The molecule has 1 aromatic carbocycles. The molecular weight excluding hydrogens is 186 g/mol. The highest BCUT2D eigenvalue weighted by Gasteiger charge is 2.03. The van der Waals surface area contributed by atoms with Gasteiger partial charge in [0.05, 0.1) is 6.10 Å². The van der Waals surface area contributed by atoms with Gasteiger partial charge >= 0.3 is 0 Å². The van der Waals surface area contributed by atoms with E-state index in [1.54, 1.807) is 6.92 Å². The Balaban J connectivity index is 2.75. The first-order valence-corrected chi connectivity index (χ1v) is 5.14. The molecule has 0 aliphatic heterocycles. The van der Waals surface area contributed by atoms with Crippen molar-refractivity contribution in [2.75, 3.05) is 18.5 Å². The third kappa shape index (κ3) is 3.40. The zero-order chi connectivity index (χ0) is 11.4. The van der Waals surface area contributed by atoms with Crippen LogP contribution >= 0.6 is 0 Å². The Morgan fingerprint density at radius 2 is 1.93 bits per heavy atom. The average molecular weight is 205 g/mol. The van der Waals surface area contributed by atoms with Crippen LogP contribution in [0.15, 0.2) is 36.4 Å². The van der Waals surface area contributed by atoms with Gasteiger partial charge in [-0.1, -0.05) is 24.3 Å². The van der Waals surface area contributed by atoms with Gasteiger partial charge in [-0.05, 0) is 31.5 Å². The Morgan fingerprint density at radius 1 is 1.40 bits per heavy atom. The van der Waals surface area contributed by atoms with Crippen molar-refractivity contribution >= 4 is 5.69 Å². The summed E-state index contributed by atoms with van der Waals surface area (Å²) in [6.45, 7) is 8.52. The van der Waals surface area contributed by atoms with Crippen molar-refractivity contribution in [2.45, 2.75) is 20.0 Å². The molecule has 0 radical (unpaired) electrons. The standard InChI is InChI=1S/C13H19NO/c1-10(2)9-14(4)13-7-5-12(6-8-13)11(3)15/h5-8,11,15H,1,9H2,2-4H3/t11-/m0/s1. The van der Waals surface area contributed by atoms with Crippen LogP contribution in [0.25, 0.3) is 0 Å². The average Bonchev–Trinajstić information content (AvgIpc) is 2.17. The minimum atomic E-state index is -0.398. The smallest absolute Gasteiger partial charge is 0.0761 e. The van der Waals surface area contributed by atoms with Crippen LogP contribution in [0.3, 0.4) is 0 Å². The number of rotatable bonds is 4. The van der Waals surface area contributed by atoms with E-state index in [9.17, 15) is 5.11 Å². The number of aliphatic hydroxyl groups excluding tert-OH is 1. The molecule has 0 bridgehead atoms. The molecule has 2 heteroatoms. The predicted molar refractivity (Wildman–Crippen MR) is 65.2 cm³/mol. The third-order valence-corrected chi connectivity index (χ3v) is 2.32. The Morgan fingerprint density at radius 3 is 2.33 bits per heavy atom. The molecule has 0 spiro atoms. The van der Waals surface area contributed by atoms with E-state index in [1.165, 1.54) is 0 Å². The number of aliphatic hydroxyl groups is 1. The van der Waals surface area contributed by atoms with Crippen LogP contribution in [0, 0.1) is 0 Å². The normalized spacial score (nSPS) is 12.3. The molecule has 1 N–H and O–H groups in total. The highest BCUT2D eigenvalue weighted by Crippen LogP contribution is 2.18. The van der Waals surface area contributed by atoms with E-state index in [1.807, 2.05) is 38.2 Å². The van der Waals surface area contributed by atoms with E-state index in [0.29, 0.717) is 0 Å². The van der Waals surface area contributed by atoms with Crippen LogP contribution in [0.4, 0.5) is 5.69 Å². The van der Waals surface area contributed by atoms with Gasteiger partial charge in [0.15, 0.2) is 0 Å². The van der Waals surface area contributed by atoms with Crippen LogP contribution in [0.2, 0.25) is 0 Å². The van der Waals surface area contributed by atoms with Gasteiger partial charge in [0.1, 0.15) is 0 Å². The summed E-state index contributed by atoms with van der Waals surface area (Å²) in [5.41, 5.74) is 3.22. The number of hydrogen-bond donors (Lipinski definition) is 1. The van der Waals surface area contributed by atoms with Gasteiger partial charge < -0.3 is 10.0 Å². The minimum Gasteiger partial charge on any atom is -0.389 e. The van der Waals surface area contributed by atoms with Crippen LogP contribution < -0.4 is 4.90 Å². The van der Waals surface area contributed by atoms with Crippen LogP contribution in [-0.2, 0) is 0 Å².